The molecule has 118 valence electrons. The standard InChI is InChI=1S/C16H21N3O3/c1-11(2)16-17-15(22-18-16)9-19(3)8-12-10-20-13-6-4-5-7-14(13)21-12/h4-7,11-12H,8-10H2,1-3H3. The average molecular weight is 303 g/mol. The topological polar surface area (TPSA) is 60.6 Å². The normalized spacial score (nSPS) is 17.2. The molecule has 3 rings (SSSR count). The Morgan fingerprint density at radius 2 is 2.05 bits per heavy atom. The summed E-state index contributed by atoms with van der Waals surface area (Å²) >= 11 is 0. The zero-order valence-electron chi connectivity index (χ0n) is 13.2. The van der Waals surface area contributed by atoms with Gasteiger partial charge in [0.1, 0.15) is 12.7 Å². The van der Waals surface area contributed by atoms with Crippen molar-refractivity contribution in [3.63, 3.8) is 0 Å². The Hall–Kier alpha value is -2.08. The molecule has 1 unspecified atom stereocenters. The first-order valence-electron chi connectivity index (χ1n) is 7.51. The van der Waals surface area contributed by atoms with Gasteiger partial charge in [-0.2, -0.15) is 4.98 Å². The highest BCUT2D eigenvalue weighted by Crippen LogP contribution is 2.31. The van der Waals surface area contributed by atoms with Crippen LogP contribution >= 0.6 is 0 Å². The minimum Gasteiger partial charge on any atom is -0.486 e. The zero-order chi connectivity index (χ0) is 15.5. The van der Waals surface area contributed by atoms with Gasteiger partial charge in [-0.3, -0.25) is 4.90 Å². The maximum atomic E-state index is 5.95. The van der Waals surface area contributed by atoms with Gasteiger partial charge in [0.25, 0.3) is 0 Å². The van der Waals surface area contributed by atoms with Crippen molar-refractivity contribution in [3.05, 3.63) is 36.0 Å². The minimum absolute atomic E-state index is 0.00705. The molecule has 0 fully saturated rings. The molecule has 0 bridgehead atoms. The zero-order valence-corrected chi connectivity index (χ0v) is 13.2. The van der Waals surface area contributed by atoms with Crippen molar-refractivity contribution in [3.8, 4) is 11.5 Å². The van der Waals surface area contributed by atoms with E-state index < -0.39 is 0 Å². The number of para-hydroxylation sites is 2. The monoisotopic (exact) mass is 303 g/mol. The Morgan fingerprint density at radius 1 is 1.27 bits per heavy atom. The first-order chi connectivity index (χ1) is 10.6. The van der Waals surface area contributed by atoms with Crippen LogP contribution in [0, 0.1) is 0 Å². The van der Waals surface area contributed by atoms with Gasteiger partial charge in [-0.05, 0) is 19.2 Å². The summed E-state index contributed by atoms with van der Waals surface area (Å²) in [5.41, 5.74) is 0. The fourth-order valence-corrected chi connectivity index (χ4v) is 2.36. The van der Waals surface area contributed by atoms with E-state index in [-0.39, 0.29) is 12.0 Å². The molecule has 0 N–H and O–H groups in total. The van der Waals surface area contributed by atoms with Crippen molar-refractivity contribution in [2.24, 2.45) is 0 Å². The third kappa shape index (κ3) is 3.39. The van der Waals surface area contributed by atoms with Gasteiger partial charge in [0.15, 0.2) is 17.3 Å². The van der Waals surface area contributed by atoms with Crippen molar-refractivity contribution in [2.45, 2.75) is 32.4 Å². The fraction of sp³-hybridized carbons (Fsp3) is 0.500. The second kappa shape index (κ2) is 6.36. The fourth-order valence-electron chi connectivity index (χ4n) is 2.36. The summed E-state index contributed by atoms with van der Waals surface area (Å²) in [6.45, 7) is 5.96. The van der Waals surface area contributed by atoms with Gasteiger partial charge in [-0.25, -0.2) is 0 Å². The molecule has 0 amide bonds. The smallest absolute Gasteiger partial charge is 0.240 e. The highest BCUT2D eigenvalue weighted by atomic mass is 16.6. The van der Waals surface area contributed by atoms with Crippen molar-refractivity contribution < 1.29 is 14.0 Å². The maximum Gasteiger partial charge on any atom is 0.240 e. The van der Waals surface area contributed by atoms with E-state index in [1.54, 1.807) is 0 Å². The van der Waals surface area contributed by atoms with Crippen LogP contribution in [-0.2, 0) is 6.54 Å². The van der Waals surface area contributed by atoms with Crippen LogP contribution in [0.3, 0.4) is 0 Å². The van der Waals surface area contributed by atoms with Gasteiger partial charge in [-0.15, -0.1) is 0 Å². The first kappa shape index (κ1) is 14.8. The minimum atomic E-state index is -0.00705. The number of rotatable bonds is 5. The summed E-state index contributed by atoms with van der Waals surface area (Å²) in [4.78, 5) is 6.48. The maximum absolute atomic E-state index is 5.95. The molecule has 0 radical (unpaired) electrons. The lowest BCUT2D eigenvalue weighted by molar-refractivity contribution is 0.0613. The number of aromatic nitrogens is 2. The summed E-state index contributed by atoms with van der Waals surface area (Å²) in [5, 5.41) is 3.98. The van der Waals surface area contributed by atoms with Crippen LogP contribution in [-0.4, -0.2) is 41.3 Å². The van der Waals surface area contributed by atoms with E-state index in [9.17, 15) is 0 Å². The molecule has 6 nitrogen and oxygen atoms in total. The molecule has 22 heavy (non-hydrogen) atoms. The van der Waals surface area contributed by atoms with Crippen molar-refractivity contribution in [1.29, 1.82) is 0 Å². The Balaban J connectivity index is 1.55. The molecule has 0 spiro atoms. The Morgan fingerprint density at radius 3 is 2.77 bits per heavy atom. The van der Waals surface area contributed by atoms with Crippen molar-refractivity contribution >= 4 is 0 Å². The van der Waals surface area contributed by atoms with Crippen LogP contribution in [0.4, 0.5) is 0 Å². The summed E-state index contributed by atoms with van der Waals surface area (Å²) in [6.07, 6.45) is -0.00705. The average Bonchev–Trinajstić information content (AvgIpc) is 2.95. The number of likely N-dealkylation sites (N-methyl/N-ethyl adjacent to an activating group) is 1. The van der Waals surface area contributed by atoms with E-state index in [4.69, 9.17) is 14.0 Å². The van der Waals surface area contributed by atoms with Gasteiger partial charge < -0.3 is 14.0 Å². The molecular weight excluding hydrogens is 282 g/mol. The van der Waals surface area contributed by atoms with Crippen molar-refractivity contribution in [1.82, 2.24) is 15.0 Å². The Labute approximate surface area is 130 Å². The van der Waals surface area contributed by atoms with E-state index >= 15 is 0 Å². The molecule has 2 aromatic rings. The van der Waals surface area contributed by atoms with E-state index in [1.807, 2.05) is 45.2 Å². The number of nitrogens with zero attached hydrogens (tertiary/aromatic N) is 3. The molecule has 1 aliphatic heterocycles. The largest absolute Gasteiger partial charge is 0.486 e. The third-order valence-corrected chi connectivity index (χ3v) is 3.49. The third-order valence-electron chi connectivity index (χ3n) is 3.49. The predicted octanol–water partition coefficient (Wildman–Crippen LogP) is 2.46. The molecular formula is C16H21N3O3. The van der Waals surface area contributed by atoms with E-state index in [0.29, 0.717) is 19.0 Å². The number of ether oxygens (including phenoxy) is 2. The summed E-state index contributed by atoms with van der Waals surface area (Å²) in [6, 6.07) is 7.73. The quantitative estimate of drug-likeness (QED) is 0.845. The van der Waals surface area contributed by atoms with E-state index in [2.05, 4.69) is 15.0 Å². The van der Waals surface area contributed by atoms with Crippen LogP contribution in [0.1, 0.15) is 31.5 Å². The SMILES string of the molecule is CC(C)c1noc(CN(C)CC2COc3ccccc3O2)n1. The molecule has 2 heterocycles. The van der Waals surface area contributed by atoms with Crippen LogP contribution in [0.15, 0.2) is 28.8 Å². The lowest BCUT2D eigenvalue weighted by atomic mass is 10.2. The van der Waals surface area contributed by atoms with Crippen LogP contribution < -0.4 is 9.47 Å². The van der Waals surface area contributed by atoms with E-state index in [0.717, 1.165) is 23.9 Å². The summed E-state index contributed by atoms with van der Waals surface area (Å²) in [5.74, 6) is 3.25. The first-order valence-corrected chi connectivity index (χ1v) is 7.51. The number of hydrogen-bond acceptors (Lipinski definition) is 6. The number of fused-ring (bicyclic) bond motifs is 1. The Bertz CT molecular complexity index is 627. The van der Waals surface area contributed by atoms with Crippen LogP contribution in [0.5, 0.6) is 11.5 Å². The second-order valence-corrected chi connectivity index (χ2v) is 5.90. The lowest BCUT2D eigenvalue weighted by Gasteiger charge is -2.29. The molecule has 6 heteroatoms. The lowest BCUT2D eigenvalue weighted by Crippen LogP contribution is -2.39. The summed E-state index contributed by atoms with van der Waals surface area (Å²) < 4.78 is 16.9. The second-order valence-electron chi connectivity index (χ2n) is 5.90. The Kier molecular flexibility index (Phi) is 4.29. The molecule has 0 aliphatic carbocycles. The van der Waals surface area contributed by atoms with E-state index in [1.165, 1.54) is 0 Å². The molecule has 1 atom stereocenters. The molecule has 1 aliphatic rings. The summed E-state index contributed by atoms with van der Waals surface area (Å²) in [7, 11) is 2.00. The molecule has 1 aromatic heterocycles. The number of hydrogen-bond donors (Lipinski definition) is 0. The highest BCUT2D eigenvalue weighted by molar-refractivity contribution is 5.40. The number of benzene rings is 1. The van der Waals surface area contributed by atoms with Gasteiger partial charge in [0.2, 0.25) is 5.89 Å². The van der Waals surface area contributed by atoms with Gasteiger partial charge in [-0.1, -0.05) is 31.1 Å². The van der Waals surface area contributed by atoms with Crippen LogP contribution in [0.25, 0.3) is 0 Å². The van der Waals surface area contributed by atoms with Crippen molar-refractivity contribution in [2.75, 3.05) is 20.2 Å². The highest BCUT2D eigenvalue weighted by Gasteiger charge is 2.22. The predicted molar refractivity (Wildman–Crippen MR) is 81.1 cm³/mol. The molecule has 0 saturated carbocycles. The van der Waals surface area contributed by atoms with Gasteiger partial charge in [0.05, 0.1) is 6.54 Å². The van der Waals surface area contributed by atoms with Gasteiger partial charge >= 0.3 is 0 Å². The van der Waals surface area contributed by atoms with Gasteiger partial charge in [0, 0.05) is 12.5 Å². The van der Waals surface area contributed by atoms with Crippen LogP contribution in [0.2, 0.25) is 0 Å². The molecule has 1 aromatic carbocycles. The molecule has 0 saturated heterocycles.